The molecule has 1 aromatic heterocycles. The Labute approximate surface area is 211 Å². The summed E-state index contributed by atoms with van der Waals surface area (Å²) >= 11 is 0. The van der Waals surface area contributed by atoms with E-state index < -0.39 is 17.9 Å². The molecule has 0 radical (unpaired) electrons. The third-order valence-electron chi connectivity index (χ3n) is 9.00. The molecule has 1 aromatic carbocycles. The van der Waals surface area contributed by atoms with E-state index in [1.807, 2.05) is 30.3 Å². The van der Waals surface area contributed by atoms with Crippen molar-refractivity contribution in [2.45, 2.75) is 76.7 Å². The van der Waals surface area contributed by atoms with Gasteiger partial charge in [-0.3, -0.25) is 30.3 Å². The van der Waals surface area contributed by atoms with Gasteiger partial charge in [0.15, 0.2) is 5.69 Å². The molecule has 0 spiro atoms. The van der Waals surface area contributed by atoms with E-state index in [1.54, 1.807) is 0 Å². The van der Waals surface area contributed by atoms with Gasteiger partial charge in [-0.25, -0.2) is 0 Å². The predicted octanol–water partition coefficient (Wildman–Crippen LogP) is 2.99. The number of carbonyl (C=O) groups is 3. The van der Waals surface area contributed by atoms with Crippen LogP contribution >= 0.6 is 0 Å². The van der Waals surface area contributed by atoms with Crippen LogP contribution in [0.4, 0.5) is 0 Å². The molecule has 1 unspecified atom stereocenters. The lowest BCUT2D eigenvalue weighted by Crippen LogP contribution is -2.59. The lowest BCUT2D eigenvalue weighted by Gasteiger charge is -2.55. The molecule has 8 nitrogen and oxygen atoms in total. The maximum absolute atomic E-state index is 13.7. The summed E-state index contributed by atoms with van der Waals surface area (Å²) in [5, 5.41) is 10.3. The summed E-state index contributed by atoms with van der Waals surface area (Å²) in [5.41, 5.74) is 7.99. The summed E-state index contributed by atoms with van der Waals surface area (Å²) in [6.45, 7) is 0. The van der Waals surface area contributed by atoms with E-state index in [0.29, 0.717) is 29.9 Å². The molecule has 5 aliphatic carbocycles. The number of nitrogens with one attached hydrogen (secondary N) is 4. The Bertz CT molecular complexity index is 1120. The van der Waals surface area contributed by atoms with Gasteiger partial charge in [-0.2, -0.15) is 5.10 Å². The van der Waals surface area contributed by atoms with Crippen LogP contribution in [-0.4, -0.2) is 34.0 Å². The summed E-state index contributed by atoms with van der Waals surface area (Å²) in [6.07, 6.45) is 10.7. The van der Waals surface area contributed by atoms with E-state index >= 15 is 0 Å². The Morgan fingerprint density at radius 2 is 1.61 bits per heavy atom. The van der Waals surface area contributed by atoms with Crippen LogP contribution in [-0.2, 0) is 28.9 Å². The number of fused-ring (bicyclic) bond motifs is 1. The number of nitrogens with zero attached hydrogens (tertiary/aromatic N) is 1. The maximum Gasteiger partial charge on any atom is 0.290 e. The molecule has 7 rings (SSSR count). The molecule has 2 aromatic rings. The van der Waals surface area contributed by atoms with Crippen LogP contribution < -0.4 is 16.2 Å². The first-order chi connectivity index (χ1) is 17.5. The molecule has 8 heteroatoms. The highest BCUT2D eigenvalue weighted by Gasteiger charge is 2.55. The van der Waals surface area contributed by atoms with Crippen molar-refractivity contribution in [2.24, 2.45) is 23.2 Å². The normalized spacial score (nSPS) is 28.7. The fourth-order valence-corrected chi connectivity index (χ4v) is 7.69. The number of carbonyl (C=O) groups excluding carboxylic acids is 3. The summed E-state index contributed by atoms with van der Waals surface area (Å²) in [5.74, 6) is 1.07. The van der Waals surface area contributed by atoms with Crippen molar-refractivity contribution < 1.29 is 14.4 Å². The largest absolute Gasteiger partial charge is 0.343 e. The molecule has 5 aliphatic rings. The highest BCUT2D eigenvalue weighted by atomic mass is 16.2. The van der Waals surface area contributed by atoms with Gasteiger partial charge >= 0.3 is 0 Å². The molecule has 4 fully saturated rings. The number of aryl methyl sites for hydroxylation is 1. The lowest BCUT2D eigenvalue weighted by atomic mass is 9.49. The number of hydrogen-bond donors (Lipinski definition) is 4. The second-order valence-electron chi connectivity index (χ2n) is 11.6. The zero-order chi connectivity index (χ0) is 24.7. The number of hydrogen-bond acceptors (Lipinski definition) is 4. The van der Waals surface area contributed by atoms with Crippen LogP contribution in [0.15, 0.2) is 30.3 Å². The van der Waals surface area contributed by atoms with E-state index in [1.165, 1.54) is 19.3 Å². The minimum Gasteiger partial charge on any atom is -0.343 e. The first kappa shape index (κ1) is 23.3. The second kappa shape index (κ2) is 9.37. The Morgan fingerprint density at radius 3 is 2.31 bits per heavy atom. The highest BCUT2D eigenvalue weighted by molar-refractivity contribution is 5.96. The van der Waals surface area contributed by atoms with Crippen molar-refractivity contribution in [2.75, 3.05) is 0 Å². The van der Waals surface area contributed by atoms with E-state index in [4.69, 9.17) is 0 Å². The van der Waals surface area contributed by atoms with Crippen molar-refractivity contribution in [1.82, 2.24) is 26.4 Å². The quantitative estimate of drug-likeness (QED) is 0.467. The van der Waals surface area contributed by atoms with Gasteiger partial charge in [-0.1, -0.05) is 30.3 Å². The fraction of sp³-hybridized carbons (Fsp3) is 0.571. The monoisotopic (exact) mass is 489 g/mol. The van der Waals surface area contributed by atoms with Gasteiger partial charge in [0.05, 0.1) is 0 Å². The zero-order valence-corrected chi connectivity index (χ0v) is 20.6. The summed E-state index contributed by atoms with van der Waals surface area (Å²) in [7, 11) is 0. The molecule has 4 N–H and O–H groups in total. The molecule has 4 bridgehead atoms. The molecule has 4 saturated carbocycles. The molecule has 1 heterocycles. The van der Waals surface area contributed by atoms with Gasteiger partial charge < -0.3 is 5.32 Å². The molecule has 1 atom stereocenters. The molecule has 0 saturated heterocycles. The predicted molar refractivity (Wildman–Crippen MR) is 134 cm³/mol. The van der Waals surface area contributed by atoms with E-state index in [-0.39, 0.29) is 11.3 Å². The van der Waals surface area contributed by atoms with Crippen molar-refractivity contribution in [3.63, 3.8) is 0 Å². The van der Waals surface area contributed by atoms with E-state index in [0.717, 1.165) is 61.8 Å². The average Bonchev–Trinajstić information content (AvgIpc) is 3.31. The first-order valence-corrected chi connectivity index (χ1v) is 13.5. The Balaban J connectivity index is 1.15. The summed E-state index contributed by atoms with van der Waals surface area (Å²) in [4.78, 5) is 39.8. The Kier molecular flexibility index (Phi) is 6.05. The number of H-pyrrole nitrogens is 1. The van der Waals surface area contributed by atoms with Crippen LogP contribution in [0.1, 0.15) is 78.7 Å². The van der Waals surface area contributed by atoms with Crippen LogP contribution in [0.25, 0.3) is 0 Å². The Morgan fingerprint density at radius 1 is 0.944 bits per heavy atom. The fourth-order valence-electron chi connectivity index (χ4n) is 7.69. The van der Waals surface area contributed by atoms with Crippen molar-refractivity contribution in [3.05, 3.63) is 52.8 Å². The van der Waals surface area contributed by atoms with Crippen LogP contribution in [0, 0.1) is 23.2 Å². The number of benzene rings is 1. The number of aromatic nitrogens is 2. The van der Waals surface area contributed by atoms with Crippen LogP contribution in [0.3, 0.4) is 0 Å². The van der Waals surface area contributed by atoms with Crippen LogP contribution in [0.5, 0.6) is 0 Å². The number of hydrazine groups is 1. The molecule has 190 valence electrons. The topological polar surface area (TPSA) is 116 Å². The van der Waals surface area contributed by atoms with Gasteiger partial charge in [-0.05, 0) is 87.5 Å². The smallest absolute Gasteiger partial charge is 0.290 e. The summed E-state index contributed by atoms with van der Waals surface area (Å²) in [6, 6.07) is 8.90. The highest BCUT2D eigenvalue weighted by Crippen LogP contribution is 2.60. The van der Waals surface area contributed by atoms with Gasteiger partial charge in [0, 0.05) is 23.1 Å². The number of rotatable bonds is 6. The second-order valence-corrected chi connectivity index (χ2v) is 11.6. The maximum atomic E-state index is 13.7. The number of amides is 3. The van der Waals surface area contributed by atoms with Gasteiger partial charge in [0.2, 0.25) is 5.91 Å². The van der Waals surface area contributed by atoms with Crippen molar-refractivity contribution in [3.8, 4) is 0 Å². The molecule has 0 aliphatic heterocycles. The zero-order valence-electron chi connectivity index (χ0n) is 20.6. The molecular weight excluding hydrogens is 454 g/mol. The number of aromatic amines is 1. The molecular formula is C28H35N5O3. The van der Waals surface area contributed by atoms with Gasteiger partial charge in [0.25, 0.3) is 11.8 Å². The third-order valence-corrected chi connectivity index (χ3v) is 9.00. The van der Waals surface area contributed by atoms with Crippen LogP contribution in [0.2, 0.25) is 0 Å². The van der Waals surface area contributed by atoms with Gasteiger partial charge in [0.1, 0.15) is 6.04 Å². The van der Waals surface area contributed by atoms with Crippen molar-refractivity contribution >= 4 is 17.7 Å². The van der Waals surface area contributed by atoms with Crippen molar-refractivity contribution in [1.29, 1.82) is 0 Å². The SMILES string of the molecule is O=C(NNC(=O)C(Cc1ccccc1)NC(=O)C12CC3CC(CC(C3)C1)C2)c1n[nH]c2c1CCCC2. The minimum atomic E-state index is -0.777. The molecule has 3 amide bonds. The summed E-state index contributed by atoms with van der Waals surface area (Å²) < 4.78 is 0. The average molecular weight is 490 g/mol. The minimum absolute atomic E-state index is 0.00498. The Hall–Kier alpha value is -3.16. The van der Waals surface area contributed by atoms with Gasteiger partial charge in [-0.15, -0.1) is 0 Å². The lowest BCUT2D eigenvalue weighted by molar-refractivity contribution is -0.148. The van der Waals surface area contributed by atoms with E-state index in [2.05, 4.69) is 26.4 Å². The van der Waals surface area contributed by atoms with E-state index in [9.17, 15) is 14.4 Å². The first-order valence-electron chi connectivity index (χ1n) is 13.5. The molecule has 36 heavy (non-hydrogen) atoms. The third kappa shape index (κ3) is 4.42. The standard InChI is InChI=1S/C28H35N5O3/c34-25(32-33-26(35)24-21-8-4-5-9-22(21)30-31-24)23(13-17-6-2-1-3-7-17)29-27(36)28-14-18-10-19(15-28)12-20(11-18)16-28/h1-3,6-7,18-20,23H,4-5,8-16H2,(H,29,36)(H,30,31)(H,32,34)(H,33,35).